The third-order valence-corrected chi connectivity index (χ3v) is 3.66. The maximum Gasteiger partial charge on any atom is 0.329 e. The molecule has 17 heavy (non-hydrogen) atoms. The summed E-state index contributed by atoms with van der Waals surface area (Å²) >= 11 is 3.36. The highest BCUT2D eigenvalue weighted by atomic mass is 79.9. The van der Waals surface area contributed by atoms with Gasteiger partial charge in [0.2, 0.25) is 0 Å². The molecule has 0 aromatic heterocycles. The molecule has 2 N–H and O–H groups in total. The molecule has 3 nitrogen and oxygen atoms in total. The average Bonchev–Trinajstić information content (AvgIpc) is 3.05. The number of carbonyl (C=O) groups is 1. The molecule has 0 bridgehead atoms. The molecule has 0 spiro atoms. The van der Waals surface area contributed by atoms with Gasteiger partial charge < -0.3 is 10.4 Å². The summed E-state index contributed by atoms with van der Waals surface area (Å²) in [7, 11) is 0. The summed E-state index contributed by atoms with van der Waals surface area (Å²) in [5.41, 5.74) is -0.0200. The Kier molecular flexibility index (Phi) is 3.43. The SMILES string of the molecule is CC(CC1CC1)(Nc1ccc(Br)cc1)C(=O)O. The molecule has 1 saturated carbocycles. The number of carboxylic acids is 1. The third-order valence-electron chi connectivity index (χ3n) is 3.13. The van der Waals surface area contributed by atoms with E-state index in [1.54, 1.807) is 6.92 Å². The van der Waals surface area contributed by atoms with Crippen molar-refractivity contribution in [2.24, 2.45) is 5.92 Å². The van der Waals surface area contributed by atoms with Crippen molar-refractivity contribution in [2.75, 3.05) is 5.32 Å². The van der Waals surface area contributed by atoms with Gasteiger partial charge in [0.25, 0.3) is 0 Å². The van der Waals surface area contributed by atoms with E-state index in [-0.39, 0.29) is 0 Å². The fraction of sp³-hybridized carbons (Fsp3) is 0.462. The molecule has 1 unspecified atom stereocenters. The van der Waals surface area contributed by atoms with E-state index in [0.717, 1.165) is 23.0 Å². The van der Waals surface area contributed by atoms with Gasteiger partial charge in [-0.1, -0.05) is 28.8 Å². The Morgan fingerprint density at radius 3 is 2.53 bits per heavy atom. The van der Waals surface area contributed by atoms with Crippen molar-refractivity contribution in [3.63, 3.8) is 0 Å². The Balaban J connectivity index is 2.11. The van der Waals surface area contributed by atoms with Crippen LogP contribution in [0.4, 0.5) is 5.69 Å². The number of rotatable bonds is 5. The van der Waals surface area contributed by atoms with E-state index in [2.05, 4.69) is 21.2 Å². The van der Waals surface area contributed by atoms with E-state index in [9.17, 15) is 9.90 Å². The van der Waals surface area contributed by atoms with Gasteiger partial charge in [0.15, 0.2) is 0 Å². The van der Waals surface area contributed by atoms with Crippen molar-refractivity contribution in [1.82, 2.24) is 0 Å². The number of benzene rings is 1. The highest BCUT2D eigenvalue weighted by Gasteiger charge is 2.39. The number of hydrogen-bond acceptors (Lipinski definition) is 2. The number of anilines is 1. The molecule has 1 aromatic rings. The van der Waals surface area contributed by atoms with Crippen LogP contribution in [-0.2, 0) is 4.79 Å². The summed E-state index contributed by atoms with van der Waals surface area (Å²) in [5.74, 6) is -0.216. The second-order valence-corrected chi connectivity index (χ2v) is 5.83. The molecule has 1 fully saturated rings. The second-order valence-electron chi connectivity index (χ2n) is 4.92. The summed E-state index contributed by atoms with van der Waals surface area (Å²) in [6.45, 7) is 1.76. The van der Waals surface area contributed by atoms with Crippen molar-refractivity contribution in [2.45, 2.75) is 31.7 Å². The van der Waals surface area contributed by atoms with Crippen LogP contribution >= 0.6 is 15.9 Å². The van der Waals surface area contributed by atoms with E-state index < -0.39 is 11.5 Å². The maximum atomic E-state index is 11.4. The number of hydrogen-bond donors (Lipinski definition) is 2. The quantitative estimate of drug-likeness (QED) is 0.874. The normalized spacial score (nSPS) is 18.5. The van der Waals surface area contributed by atoms with Gasteiger partial charge in [0.05, 0.1) is 0 Å². The zero-order valence-electron chi connectivity index (χ0n) is 9.74. The molecule has 1 aliphatic carbocycles. The molecule has 1 aromatic carbocycles. The van der Waals surface area contributed by atoms with Crippen LogP contribution in [0.25, 0.3) is 0 Å². The van der Waals surface area contributed by atoms with E-state index in [4.69, 9.17) is 0 Å². The molecule has 0 saturated heterocycles. The van der Waals surface area contributed by atoms with Crippen LogP contribution in [0.2, 0.25) is 0 Å². The monoisotopic (exact) mass is 297 g/mol. The van der Waals surface area contributed by atoms with Crippen molar-refractivity contribution >= 4 is 27.6 Å². The molecule has 2 rings (SSSR count). The first-order chi connectivity index (χ1) is 7.99. The first-order valence-corrected chi connectivity index (χ1v) is 6.56. The number of nitrogens with one attached hydrogen (secondary N) is 1. The molecule has 0 radical (unpaired) electrons. The number of aliphatic carboxylic acids is 1. The molecular formula is C13H16BrNO2. The maximum absolute atomic E-state index is 11.4. The fourth-order valence-electron chi connectivity index (χ4n) is 1.94. The molecule has 0 amide bonds. The minimum absolute atomic E-state index is 0.569. The van der Waals surface area contributed by atoms with Crippen molar-refractivity contribution in [3.05, 3.63) is 28.7 Å². The van der Waals surface area contributed by atoms with Gasteiger partial charge in [-0.15, -0.1) is 0 Å². The first kappa shape index (κ1) is 12.4. The molecule has 1 atom stereocenters. The topological polar surface area (TPSA) is 49.3 Å². The predicted octanol–water partition coefficient (Wildman–Crippen LogP) is 3.50. The summed E-state index contributed by atoms with van der Waals surface area (Å²) < 4.78 is 0.988. The van der Waals surface area contributed by atoms with Crippen LogP contribution in [-0.4, -0.2) is 16.6 Å². The van der Waals surface area contributed by atoms with Crippen LogP contribution < -0.4 is 5.32 Å². The van der Waals surface area contributed by atoms with Gasteiger partial charge >= 0.3 is 5.97 Å². The molecule has 1 aliphatic rings. The van der Waals surface area contributed by atoms with Crippen molar-refractivity contribution in [3.8, 4) is 0 Å². The first-order valence-electron chi connectivity index (χ1n) is 5.77. The summed E-state index contributed by atoms with van der Waals surface area (Å²) in [6, 6.07) is 7.58. The van der Waals surface area contributed by atoms with Crippen LogP contribution in [0.1, 0.15) is 26.2 Å². The minimum atomic E-state index is -0.866. The molecule has 0 heterocycles. The predicted molar refractivity (Wildman–Crippen MR) is 71.1 cm³/mol. The standard InChI is InChI=1S/C13H16BrNO2/c1-13(12(16)17,8-9-2-3-9)15-11-6-4-10(14)5-7-11/h4-7,9,15H,2-3,8H2,1H3,(H,16,17). The Hall–Kier alpha value is -1.03. The largest absolute Gasteiger partial charge is 0.480 e. The highest BCUT2D eigenvalue weighted by molar-refractivity contribution is 9.10. The van der Waals surface area contributed by atoms with Gasteiger partial charge in [0.1, 0.15) is 5.54 Å². The lowest BCUT2D eigenvalue weighted by Gasteiger charge is -2.27. The Bertz CT molecular complexity index is 414. The molecule has 0 aliphatic heterocycles. The second kappa shape index (κ2) is 4.69. The summed E-state index contributed by atoms with van der Waals surface area (Å²) in [6.07, 6.45) is 3.01. The van der Waals surface area contributed by atoms with Crippen molar-refractivity contribution in [1.29, 1.82) is 0 Å². The third kappa shape index (κ3) is 3.22. The van der Waals surface area contributed by atoms with Crippen LogP contribution in [0.3, 0.4) is 0 Å². The number of carboxylic acid groups (broad SMARTS) is 1. The zero-order valence-corrected chi connectivity index (χ0v) is 11.3. The Morgan fingerprint density at radius 2 is 2.06 bits per heavy atom. The van der Waals surface area contributed by atoms with Crippen LogP contribution in [0, 0.1) is 5.92 Å². The van der Waals surface area contributed by atoms with Gasteiger partial charge in [-0.25, -0.2) is 4.79 Å². The Labute approximate surface area is 109 Å². The average molecular weight is 298 g/mol. The lowest BCUT2D eigenvalue weighted by molar-refractivity contribution is -0.142. The van der Waals surface area contributed by atoms with Crippen LogP contribution in [0.15, 0.2) is 28.7 Å². The van der Waals surface area contributed by atoms with Gasteiger partial charge in [0, 0.05) is 10.2 Å². The van der Waals surface area contributed by atoms with E-state index in [1.165, 1.54) is 0 Å². The summed E-state index contributed by atoms with van der Waals surface area (Å²) in [4.78, 5) is 11.4. The lowest BCUT2D eigenvalue weighted by Crippen LogP contribution is -2.43. The summed E-state index contributed by atoms with van der Waals surface area (Å²) in [5, 5.41) is 12.5. The van der Waals surface area contributed by atoms with Crippen LogP contribution in [0.5, 0.6) is 0 Å². The highest BCUT2D eigenvalue weighted by Crippen LogP contribution is 2.38. The van der Waals surface area contributed by atoms with Gasteiger partial charge in [-0.3, -0.25) is 0 Å². The van der Waals surface area contributed by atoms with E-state index in [0.29, 0.717) is 12.3 Å². The molecular weight excluding hydrogens is 282 g/mol. The molecule has 4 heteroatoms. The zero-order chi connectivity index (χ0) is 12.5. The lowest BCUT2D eigenvalue weighted by atomic mass is 9.94. The van der Waals surface area contributed by atoms with Crippen molar-refractivity contribution < 1.29 is 9.90 Å². The minimum Gasteiger partial charge on any atom is -0.480 e. The molecule has 92 valence electrons. The van der Waals surface area contributed by atoms with E-state index >= 15 is 0 Å². The van der Waals surface area contributed by atoms with Gasteiger partial charge in [-0.2, -0.15) is 0 Å². The Morgan fingerprint density at radius 1 is 1.47 bits per heavy atom. The smallest absolute Gasteiger partial charge is 0.329 e. The number of halogens is 1. The fourth-order valence-corrected chi connectivity index (χ4v) is 2.21. The van der Waals surface area contributed by atoms with E-state index in [1.807, 2.05) is 24.3 Å². The van der Waals surface area contributed by atoms with Gasteiger partial charge in [-0.05, 0) is 43.5 Å².